The maximum absolute atomic E-state index is 11.8. The molecule has 0 aromatic heterocycles. The van der Waals surface area contributed by atoms with Crippen LogP contribution < -0.4 is 0 Å². The number of benzene rings is 1. The van der Waals surface area contributed by atoms with Gasteiger partial charge in [-0.1, -0.05) is 49.6 Å². The summed E-state index contributed by atoms with van der Waals surface area (Å²) in [5, 5.41) is 6.89. The first-order chi connectivity index (χ1) is 7.52. The average molecular weight is 234 g/mol. The minimum absolute atomic E-state index is 0.250. The van der Waals surface area contributed by atoms with Crippen LogP contribution >= 0.6 is 0 Å². The van der Waals surface area contributed by atoms with Crippen LogP contribution in [0, 0.1) is 0 Å². The number of hydrogen-bond donors (Lipinski definition) is 1. The highest BCUT2D eigenvalue weighted by atomic mass is 19.4. The van der Waals surface area contributed by atoms with E-state index in [1.807, 2.05) is 0 Å². The fourth-order valence-electron chi connectivity index (χ4n) is 0.627. The maximum atomic E-state index is 11.8. The van der Waals surface area contributed by atoms with E-state index in [0.29, 0.717) is 0 Å². The number of hydrogen-bond acceptors (Lipinski definition) is 1. The summed E-state index contributed by atoms with van der Waals surface area (Å²) in [6.07, 6.45) is 0.293. The fraction of sp³-hybridized carbons (Fsp3) is 0.364. The SMILES string of the molecule is C1CC1.FC(F)(F)c1ccccc1.O=CO. The Bertz CT molecular complexity index is 278. The minimum atomic E-state index is -4.21. The van der Waals surface area contributed by atoms with E-state index in [2.05, 4.69) is 0 Å². The van der Waals surface area contributed by atoms with E-state index < -0.39 is 11.7 Å². The van der Waals surface area contributed by atoms with Crippen molar-refractivity contribution in [1.82, 2.24) is 0 Å². The highest BCUT2D eigenvalue weighted by Crippen LogP contribution is 2.28. The van der Waals surface area contributed by atoms with Gasteiger partial charge in [0, 0.05) is 0 Å². The highest BCUT2D eigenvalue weighted by molar-refractivity contribution is 5.32. The van der Waals surface area contributed by atoms with Crippen molar-refractivity contribution in [3.63, 3.8) is 0 Å². The smallest absolute Gasteiger partial charge is 0.416 e. The Hall–Kier alpha value is -1.52. The molecule has 0 unspecified atom stereocenters. The second kappa shape index (κ2) is 7.73. The largest absolute Gasteiger partial charge is 0.483 e. The Morgan fingerprint density at radius 1 is 1.06 bits per heavy atom. The van der Waals surface area contributed by atoms with Crippen molar-refractivity contribution in [2.24, 2.45) is 0 Å². The monoisotopic (exact) mass is 234 g/mol. The highest BCUT2D eigenvalue weighted by Gasteiger charge is 2.29. The third-order valence-electron chi connectivity index (χ3n) is 1.45. The van der Waals surface area contributed by atoms with Crippen molar-refractivity contribution in [3.05, 3.63) is 35.9 Å². The van der Waals surface area contributed by atoms with Crippen molar-refractivity contribution >= 4 is 6.47 Å². The summed E-state index contributed by atoms with van der Waals surface area (Å²) in [7, 11) is 0. The van der Waals surface area contributed by atoms with Crippen LogP contribution in [0.5, 0.6) is 0 Å². The molecule has 0 bridgehead atoms. The molecule has 1 N–H and O–H groups in total. The van der Waals surface area contributed by atoms with E-state index in [4.69, 9.17) is 9.90 Å². The van der Waals surface area contributed by atoms with Gasteiger partial charge in [-0.15, -0.1) is 0 Å². The zero-order valence-corrected chi connectivity index (χ0v) is 8.57. The molecule has 1 fully saturated rings. The molecule has 0 heterocycles. The van der Waals surface area contributed by atoms with Crippen LogP contribution in [-0.2, 0) is 11.0 Å². The molecule has 0 amide bonds. The second-order valence-corrected chi connectivity index (χ2v) is 3.03. The number of carbonyl (C=O) groups is 1. The lowest BCUT2D eigenvalue weighted by Gasteiger charge is -2.03. The number of rotatable bonds is 0. The molecule has 90 valence electrons. The van der Waals surface area contributed by atoms with E-state index in [0.717, 1.165) is 12.1 Å². The standard InChI is InChI=1S/C7H5F3.C3H6.CH2O2/c8-7(9,10)6-4-2-1-3-5-6;1-2-3-1;2-1-3/h1-5H;1-3H2;1H,(H,2,3). The van der Waals surface area contributed by atoms with Crippen LogP contribution in [0.3, 0.4) is 0 Å². The summed E-state index contributed by atoms with van der Waals surface area (Å²) in [6.45, 7) is -0.250. The quantitative estimate of drug-likeness (QED) is 0.696. The van der Waals surface area contributed by atoms with Crippen molar-refractivity contribution in [3.8, 4) is 0 Å². The van der Waals surface area contributed by atoms with Crippen LogP contribution in [-0.4, -0.2) is 11.6 Å². The molecule has 1 saturated carbocycles. The van der Waals surface area contributed by atoms with Gasteiger partial charge in [0.05, 0.1) is 5.56 Å². The van der Waals surface area contributed by atoms with Crippen LogP contribution in [0.25, 0.3) is 0 Å². The summed E-state index contributed by atoms with van der Waals surface area (Å²) in [6, 6.07) is 6.36. The van der Waals surface area contributed by atoms with Gasteiger partial charge >= 0.3 is 6.18 Å². The molecular weight excluding hydrogens is 221 g/mol. The van der Waals surface area contributed by atoms with Gasteiger partial charge in [-0.05, 0) is 0 Å². The molecule has 1 aromatic rings. The average Bonchev–Trinajstić information content (AvgIpc) is 3.06. The first-order valence-electron chi connectivity index (χ1n) is 4.72. The Kier molecular flexibility index (Phi) is 7.00. The van der Waals surface area contributed by atoms with Crippen LogP contribution in [0.15, 0.2) is 30.3 Å². The van der Waals surface area contributed by atoms with Crippen LogP contribution in [0.4, 0.5) is 13.2 Å². The Balaban J connectivity index is 0.000000308. The summed E-state index contributed by atoms with van der Waals surface area (Å²) in [4.78, 5) is 8.36. The molecule has 1 aromatic carbocycles. The summed E-state index contributed by atoms with van der Waals surface area (Å²) in [5.74, 6) is 0. The number of halogens is 3. The van der Waals surface area contributed by atoms with Gasteiger partial charge in [-0.25, -0.2) is 0 Å². The van der Waals surface area contributed by atoms with Gasteiger partial charge in [-0.2, -0.15) is 13.2 Å². The normalized spacial score (nSPS) is 12.4. The molecule has 0 aliphatic heterocycles. The fourth-order valence-corrected chi connectivity index (χ4v) is 0.627. The molecule has 1 aliphatic rings. The number of alkyl halides is 3. The first-order valence-corrected chi connectivity index (χ1v) is 4.72. The van der Waals surface area contributed by atoms with Gasteiger partial charge in [0.25, 0.3) is 6.47 Å². The predicted molar refractivity (Wildman–Crippen MR) is 54.0 cm³/mol. The molecule has 2 nitrogen and oxygen atoms in total. The molecule has 5 heteroatoms. The van der Waals surface area contributed by atoms with E-state index in [9.17, 15) is 13.2 Å². The van der Waals surface area contributed by atoms with Gasteiger partial charge in [-0.3, -0.25) is 4.79 Å². The molecule has 16 heavy (non-hydrogen) atoms. The molecule has 0 spiro atoms. The van der Waals surface area contributed by atoms with E-state index >= 15 is 0 Å². The second-order valence-electron chi connectivity index (χ2n) is 3.03. The van der Waals surface area contributed by atoms with Gasteiger partial charge < -0.3 is 5.11 Å². The summed E-state index contributed by atoms with van der Waals surface area (Å²) < 4.78 is 35.4. The lowest BCUT2D eigenvalue weighted by molar-refractivity contribution is -0.137. The molecule has 2 rings (SSSR count). The van der Waals surface area contributed by atoms with E-state index in [1.54, 1.807) is 6.07 Å². The van der Waals surface area contributed by atoms with Crippen molar-refractivity contribution < 1.29 is 23.1 Å². The first kappa shape index (κ1) is 14.5. The molecule has 0 radical (unpaired) electrons. The Labute approximate surface area is 91.7 Å². The Morgan fingerprint density at radius 3 is 1.62 bits per heavy atom. The predicted octanol–water partition coefficient (Wildman–Crippen LogP) is 3.58. The van der Waals surface area contributed by atoms with E-state index in [-0.39, 0.29) is 6.47 Å². The lowest BCUT2D eigenvalue weighted by atomic mass is 10.2. The summed E-state index contributed by atoms with van der Waals surface area (Å²) >= 11 is 0. The van der Waals surface area contributed by atoms with Crippen molar-refractivity contribution in [2.45, 2.75) is 25.4 Å². The zero-order chi connectivity index (χ0) is 12.4. The van der Waals surface area contributed by atoms with Crippen LogP contribution in [0.1, 0.15) is 24.8 Å². The van der Waals surface area contributed by atoms with Crippen molar-refractivity contribution in [2.75, 3.05) is 0 Å². The van der Waals surface area contributed by atoms with Gasteiger partial charge in [0.2, 0.25) is 0 Å². The molecule has 1 aliphatic carbocycles. The number of carboxylic acid groups (broad SMARTS) is 1. The third-order valence-corrected chi connectivity index (χ3v) is 1.45. The van der Waals surface area contributed by atoms with Gasteiger partial charge in [0.1, 0.15) is 0 Å². The topological polar surface area (TPSA) is 37.3 Å². The molecular formula is C11H13F3O2. The molecule has 0 saturated heterocycles. The van der Waals surface area contributed by atoms with Crippen molar-refractivity contribution in [1.29, 1.82) is 0 Å². The Morgan fingerprint density at radius 2 is 1.44 bits per heavy atom. The van der Waals surface area contributed by atoms with Gasteiger partial charge in [0.15, 0.2) is 0 Å². The van der Waals surface area contributed by atoms with E-state index in [1.165, 1.54) is 31.4 Å². The third kappa shape index (κ3) is 9.05. The lowest BCUT2D eigenvalue weighted by Crippen LogP contribution is -2.03. The molecule has 0 atom stereocenters. The van der Waals surface area contributed by atoms with Crippen LogP contribution in [0.2, 0.25) is 0 Å². The maximum Gasteiger partial charge on any atom is 0.416 e. The summed E-state index contributed by atoms with van der Waals surface area (Å²) in [5.41, 5.74) is -0.602. The zero-order valence-electron chi connectivity index (χ0n) is 8.57. The minimum Gasteiger partial charge on any atom is -0.483 e.